The summed E-state index contributed by atoms with van der Waals surface area (Å²) < 4.78 is 0. The van der Waals surface area contributed by atoms with Crippen LogP contribution in [-0.2, 0) is 0 Å². The van der Waals surface area contributed by atoms with Gasteiger partial charge >= 0.3 is 0 Å². The van der Waals surface area contributed by atoms with Gasteiger partial charge in [0.2, 0.25) is 0 Å². The first-order valence-electron chi connectivity index (χ1n) is 6.36. The van der Waals surface area contributed by atoms with Gasteiger partial charge in [0.05, 0.1) is 5.52 Å². The second-order valence-electron chi connectivity index (χ2n) is 4.95. The molecule has 0 aliphatic rings. The largest absolute Gasteiger partial charge is 0.339 e. The molecule has 0 aliphatic heterocycles. The van der Waals surface area contributed by atoms with Gasteiger partial charge in [0.1, 0.15) is 5.65 Å². The molecule has 0 bridgehead atoms. The van der Waals surface area contributed by atoms with E-state index in [0.717, 1.165) is 5.65 Å². The Morgan fingerprint density at radius 3 is 2.74 bits per heavy atom. The summed E-state index contributed by atoms with van der Waals surface area (Å²) in [5, 5.41) is 4.92. The van der Waals surface area contributed by atoms with Crippen molar-refractivity contribution < 1.29 is 0 Å². The highest BCUT2D eigenvalue weighted by Crippen LogP contribution is 2.35. The normalized spacial score (nSPS) is 11.7. The molecule has 0 radical (unpaired) electrons. The van der Waals surface area contributed by atoms with Crippen LogP contribution in [0.1, 0.15) is 11.1 Å². The molecule has 92 valence electrons. The molecule has 0 fully saturated rings. The Bertz CT molecular complexity index is 935. The lowest BCUT2D eigenvalue weighted by molar-refractivity contribution is 1.33. The fourth-order valence-corrected chi connectivity index (χ4v) is 2.98. The van der Waals surface area contributed by atoms with E-state index in [1.807, 2.05) is 24.7 Å². The zero-order valence-electron chi connectivity index (χ0n) is 10.9. The van der Waals surface area contributed by atoms with Gasteiger partial charge in [0, 0.05) is 34.7 Å². The summed E-state index contributed by atoms with van der Waals surface area (Å²) in [6.07, 6.45) is 5.62. The Labute approximate surface area is 110 Å². The van der Waals surface area contributed by atoms with Crippen molar-refractivity contribution in [3.05, 3.63) is 47.9 Å². The van der Waals surface area contributed by atoms with E-state index in [2.05, 4.69) is 40.9 Å². The van der Waals surface area contributed by atoms with Gasteiger partial charge in [-0.1, -0.05) is 0 Å². The van der Waals surface area contributed by atoms with Crippen LogP contribution in [0.25, 0.3) is 32.7 Å². The van der Waals surface area contributed by atoms with E-state index in [1.165, 1.54) is 38.2 Å². The number of aromatic amines is 1. The lowest BCUT2D eigenvalue weighted by atomic mass is 9.97. The molecular formula is C16H13N3. The van der Waals surface area contributed by atoms with E-state index in [-0.39, 0.29) is 0 Å². The van der Waals surface area contributed by atoms with Crippen LogP contribution in [0.15, 0.2) is 36.8 Å². The summed E-state index contributed by atoms with van der Waals surface area (Å²) in [5.41, 5.74) is 4.66. The lowest BCUT2D eigenvalue weighted by Gasteiger charge is -2.08. The third-order valence-electron chi connectivity index (χ3n) is 3.95. The highest BCUT2D eigenvalue weighted by atomic mass is 14.8. The summed E-state index contributed by atoms with van der Waals surface area (Å²) in [6, 6.07) is 6.18. The number of nitrogens with zero attached hydrogens (tertiary/aromatic N) is 2. The van der Waals surface area contributed by atoms with Crippen LogP contribution in [-0.4, -0.2) is 15.0 Å². The molecule has 0 saturated carbocycles. The number of hydrogen-bond donors (Lipinski definition) is 1. The standard InChI is InChI=1S/C16H13N3/c1-9-13-8-17-7-5-11(13)10(2)15-14(9)12-4-3-6-18-16(12)19-15/h3-8H,1-2H3,(H,18,19). The first-order chi connectivity index (χ1) is 9.27. The fourth-order valence-electron chi connectivity index (χ4n) is 2.98. The SMILES string of the molecule is Cc1c2ccncc2c(C)c2c1[nH]c1ncccc12. The van der Waals surface area contributed by atoms with Gasteiger partial charge < -0.3 is 4.98 Å². The minimum absolute atomic E-state index is 0.951. The predicted molar refractivity (Wildman–Crippen MR) is 78.4 cm³/mol. The van der Waals surface area contributed by atoms with Gasteiger partial charge in [0.25, 0.3) is 0 Å². The van der Waals surface area contributed by atoms with Gasteiger partial charge in [-0.2, -0.15) is 0 Å². The molecule has 0 unspecified atom stereocenters. The fraction of sp³-hybridized carbons (Fsp3) is 0.125. The third kappa shape index (κ3) is 1.27. The predicted octanol–water partition coefficient (Wildman–Crippen LogP) is 3.88. The molecule has 3 nitrogen and oxygen atoms in total. The van der Waals surface area contributed by atoms with E-state index in [4.69, 9.17) is 0 Å². The quantitative estimate of drug-likeness (QED) is 0.512. The van der Waals surface area contributed by atoms with Gasteiger partial charge in [-0.05, 0) is 48.6 Å². The van der Waals surface area contributed by atoms with Crippen molar-refractivity contribution >= 4 is 32.7 Å². The molecule has 3 aromatic heterocycles. The number of fused-ring (bicyclic) bond motifs is 4. The molecular weight excluding hydrogens is 234 g/mol. The van der Waals surface area contributed by atoms with Crippen LogP contribution in [0, 0.1) is 13.8 Å². The summed E-state index contributed by atoms with van der Waals surface area (Å²) in [7, 11) is 0. The molecule has 3 heteroatoms. The molecule has 0 aliphatic carbocycles. The number of benzene rings is 1. The summed E-state index contributed by atoms with van der Waals surface area (Å²) in [4.78, 5) is 12.1. The first-order valence-corrected chi connectivity index (χ1v) is 6.36. The maximum Gasteiger partial charge on any atom is 0.138 e. The molecule has 0 atom stereocenters. The third-order valence-corrected chi connectivity index (χ3v) is 3.95. The van der Waals surface area contributed by atoms with Crippen molar-refractivity contribution in [1.29, 1.82) is 0 Å². The Balaban J connectivity index is 2.39. The van der Waals surface area contributed by atoms with Crippen LogP contribution in [0.3, 0.4) is 0 Å². The van der Waals surface area contributed by atoms with Gasteiger partial charge in [-0.3, -0.25) is 4.98 Å². The number of aromatic nitrogens is 3. The number of aryl methyl sites for hydroxylation is 2. The van der Waals surface area contributed by atoms with E-state index in [9.17, 15) is 0 Å². The van der Waals surface area contributed by atoms with Gasteiger partial charge in [-0.25, -0.2) is 4.98 Å². The van der Waals surface area contributed by atoms with E-state index >= 15 is 0 Å². The van der Waals surface area contributed by atoms with Crippen LogP contribution in [0.4, 0.5) is 0 Å². The molecule has 1 aromatic carbocycles. The lowest BCUT2D eigenvalue weighted by Crippen LogP contribution is -1.87. The van der Waals surface area contributed by atoms with Crippen LogP contribution in [0.5, 0.6) is 0 Å². The van der Waals surface area contributed by atoms with Crippen molar-refractivity contribution in [1.82, 2.24) is 15.0 Å². The number of H-pyrrole nitrogens is 1. The summed E-state index contributed by atoms with van der Waals surface area (Å²) in [5.74, 6) is 0. The number of pyridine rings is 2. The van der Waals surface area contributed by atoms with Gasteiger partial charge in [0.15, 0.2) is 0 Å². The first kappa shape index (κ1) is 10.5. The van der Waals surface area contributed by atoms with Crippen LogP contribution in [0.2, 0.25) is 0 Å². The molecule has 0 spiro atoms. The maximum atomic E-state index is 4.42. The number of nitrogens with one attached hydrogen (secondary N) is 1. The summed E-state index contributed by atoms with van der Waals surface area (Å²) >= 11 is 0. The maximum absolute atomic E-state index is 4.42. The highest BCUT2D eigenvalue weighted by Gasteiger charge is 2.13. The topological polar surface area (TPSA) is 41.6 Å². The molecule has 3 heterocycles. The second kappa shape index (κ2) is 3.54. The molecule has 0 saturated heterocycles. The van der Waals surface area contributed by atoms with Crippen molar-refractivity contribution in [2.24, 2.45) is 0 Å². The van der Waals surface area contributed by atoms with Crippen molar-refractivity contribution in [3.8, 4) is 0 Å². The Morgan fingerprint density at radius 1 is 0.947 bits per heavy atom. The van der Waals surface area contributed by atoms with Crippen molar-refractivity contribution in [2.45, 2.75) is 13.8 Å². The van der Waals surface area contributed by atoms with Gasteiger partial charge in [-0.15, -0.1) is 0 Å². The average molecular weight is 247 g/mol. The second-order valence-corrected chi connectivity index (χ2v) is 4.95. The zero-order valence-corrected chi connectivity index (χ0v) is 10.9. The Kier molecular flexibility index (Phi) is 1.96. The molecule has 1 N–H and O–H groups in total. The molecule has 4 aromatic rings. The Hall–Kier alpha value is -2.42. The smallest absolute Gasteiger partial charge is 0.138 e. The van der Waals surface area contributed by atoms with Crippen LogP contribution >= 0.6 is 0 Å². The average Bonchev–Trinajstić information content (AvgIpc) is 2.84. The highest BCUT2D eigenvalue weighted by molar-refractivity contribution is 6.15. The van der Waals surface area contributed by atoms with Crippen molar-refractivity contribution in [3.63, 3.8) is 0 Å². The molecule has 19 heavy (non-hydrogen) atoms. The monoisotopic (exact) mass is 247 g/mol. The number of hydrogen-bond acceptors (Lipinski definition) is 2. The Morgan fingerprint density at radius 2 is 1.84 bits per heavy atom. The van der Waals surface area contributed by atoms with Crippen molar-refractivity contribution in [2.75, 3.05) is 0 Å². The zero-order chi connectivity index (χ0) is 13.0. The molecule has 4 rings (SSSR count). The van der Waals surface area contributed by atoms with Crippen LogP contribution < -0.4 is 0 Å². The van der Waals surface area contributed by atoms with E-state index < -0.39 is 0 Å². The van der Waals surface area contributed by atoms with E-state index in [0.29, 0.717) is 0 Å². The number of rotatable bonds is 0. The summed E-state index contributed by atoms with van der Waals surface area (Å²) in [6.45, 7) is 4.31. The van der Waals surface area contributed by atoms with E-state index in [1.54, 1.807) is 0 Å². The molecule has 0 amide bonds. The minimum Gasteiger partial charge on any atom is -0.339 e. The minimum atomic E-state index is 0.951.